The first kappa shape index (κ1) is 10.8. The molecule has 16 heavy (non-hydrogen) atoms. The summed E-state index contributed by atoms with van der Waals surface area (Å²) in [6.45, 7) is 0. The van der Waals surface area contributed by atoms with E-state index < -0.39 is 0 Å². The fourth-order valence-corrected chi connectivity index (χ4v) is 3.45. The Morgan fingerprint density at radius 2 is 2.06 bits per heavy atom. The van der Waals surface area contributed by atoms with Gasteiger partial charge in [-0.05, 0) is 36.3 Å². The highest BCUT2D eigenvalue weighted by Crippen LogP contribution is 2.54. The fourth-order valence-electron chi connectivity index (χ4n) is 3.03. The number of halogens is 1. The Morgan fingerprint density at radius 3 is 2.69 bits per heavy atom. The van der Waals surface area contributed by atoms with Crippen LogP contribution in [0, 0.1) is 11.8 Å². The zero-order chi connectivity index (χ0) is 11.2. The molecule has 0 aromatic heterocycles. The summed E-state index contributed by atoms with van der Waals surface area (Å²) < 4.78 is 1.21. The molecule has 2 aliphatic carbocycles. The van der Waals surface area contributed by atoms with Gasteiger partial charge in [-0.2, -0.15) is 0 Å². The maximum atomic E-state index is 6.48. The lowest BCUT2D eigenvalue weighted by atomic mass is 9.79. The van der Waals surface area contributed by atoms with E-state index in [1.807, 2.05) is 0 Å². The van der Waals surface area contributed by atoms with Crippen molar-refractivity contribution in [2.24, 2.45) is 17.6 Å². The summed E-state index contributed by atoms with van der Waals surface area (Å²) in [4.78, 5) is 0. The summed E-state index contributed by atoms with van der Waals surface area (Å²) in [6, 6.07) is 8.46. The molecular weight excluding hydrogens is 262 g/mol. The summed E-state index contributed by atoms with van der Waals surface area (Å²) in [5.74, 6) is 1.74. The van der Waals surface area contributed by atoms with E-state index in [0.717, 1.165) is 18.3 Å². The van der Waals surface area contributed by atoms with Gasteiger partial charge in [-0.3, -0.25) is 0 Å². The lowest BCUT2D eigenvalue weighted by Gasteiger charge is -2.27. The van der Waals surface area contributed by atoms with Crippen LogP contribution in [-0.2, 0) is 6.42 Å². The monoisotopic (exact) mass is 279 g/mol. The van der Waals surface area contributed by atoms with Crippen LogP contribution in [0.1, 0.15) is 31.2 Å². The summed E-state index contributed by atoms with van der Waals surface area (Å²) in [5.41, 5.74) is 7.95. The molecule has 2 N–H and O–H groups in total. The molecule has 2 atom stereocenters. The van der Waals surface area contributed by atoms with Gasteiger partial charge in [-0.25, -0.2) is 0 Å². The average Bonchev–Trinajstić information content (AvgIpc) is 2.79. The van der Waals surface area contributed by atoms with Crippen molar-refractivity contribution in [1.82, 2.24) is 0 Å². The SMILES string of the molecule is NC1(Cc2ccccc2Br)CC1C1CCC1. The van der Waals surface area contributed by atoms with Gasteiger partial charge in [0, 0.05) is 10.0 Å². The van der Waals surface area contributed by atoms with Gasteiger partial charge in [-0.1, -0.05) is 53.4 Å². The molecule has 0 bridgehead atoms. The molecule has 0 spiro atoms. The smallest absolute Gasteiger partial charge is 0.0230 e. The second-order valence-corrected chi connectivity index (χ2v) is 6.36. The molecule has 2 fully saturated rings. The summed E-state index contributed by atoms with van der Waals surface area (Å²) >= 11 is 3.61. The summed E-state index contributed by atoms with van der Waals surface area (Å²) in [5, 5.41) is 0. The van der Waals surface area contributed by atoms with Crippen LogP contribution in [0.25, 0.3) is 0 Å². The number of rotatable bonds is 3. The fraction of sp³-hybridized carbons (Fsp3) is 0.571. The Morgan fingerprint density at radius 1 is 1.31 bits per heavy atom. The van der Waals surface area contributed by atoms with Crippen LogP contribution >= 0.6 is 15.9 Å². The van der Waals surface area contributed by atoms with Crippen molar-refractivity contribution in [1.29, 1.82) is 0 Å². The van der Waals surface area contributed by atoms with Gasteiger partial charge in [0.2, 0.25) is 0 Å². The van der Waals surface area contributed by atoms with Crippen LogP contribution in [0.3, 0.4) is 0 Å². The first-order chi connectivity index (χ1) is 7.69. The quantitative estimate of drug-likeness (QED) is 0.901. The second kappa shape index (κ2) is 3.85. The molecule has 0 amide bonds. The van der Waals surface area contributed by atoms with Crippen molar-refractivity contribution in [2.75, 3.05) is 0 Å². The molecule has 1 aromatic rings. The van der Waals surface area contributed by atoms with E-state index >= 15 is 0 Å². The average molecular weight is 280 g/mol. The van der Waals surface area contributed by atoms with Crippen molar-refractivity contribution >= 4 is 15.9 Å². The van der Waals surface area contributed by atoms with Crippen LogP contribution in [0.2, 0.25) is 0 Å². The van der Waals surface area contributed by atoms with Crippen molar-refractivity contribution in [3.8, 4) is 0 Å². The van der Waals surface area contributed by atoms with Crippen molar-refractivity contribution in [3.05, 3.63) is 34.3 Å². The van der Waals surface area contributed by atoms with Gasteiger partial charge in [-0.15, -0.1) is 0 Å². The minimum absolute atomic E-state index is 0.106. The Bertz CT molecular complexity index is 399. The summed E-state index contributed by atoms with van der Waals surface area (Å²) in [6.07, 6.45) is 6.53. The third-order valence-electron chi connectivity index (χ3n) is 4.37. The van der Waals surface area contributed by atoms with Gasteiger partial charge in [0.1, 0.15) is 0 Å². The summed E-state index contributed by atoms with van der Waals surface area (Å²) in [7, 11) is 0. The van der Waals surface area contributed by atoms with Crippen LogP contribution in [0.15, 0.2) is 28.7 Å². The molecule has 2 saturated carbocycles. The molecule has 0 heterocycles. The number of benzene rings is 1. The van der Waals surface area contributed by atoms with Crippen LogP contribution < -0.4 is 5.73 Å². The molecule has 2 unspecified atom stereocenters. The Hall–Kier alpha value is -0.340. The molecule has 1 aromatic carbocycles. The second-order valence-electron chi connectivity index (χ2n) is 5.50. The van der Waals surface area contributed by atoms with E-state index in [4.69, 9.17) is 5.73 Å². The lowest BCUT2D eigenvalue weighted by Crippen LogP contribution is -2.32. The topological polar surface area (TPSA) is 26.0 Å². The zero-order valence-electron chi connectivity index (χ0n) is 9.45. The van der Waals surface area contributed by atoms with Crippen molar-refractivity contribution in [3.63, 3.8) is 0 Å². The van der Waals surface area contributed by atoms with E-state index in [1.54, 1.807) is 0 Å². The largest absolute Gasteiger partial charge is 0.325 e. The molecule has 1 nitrogen and oxygen atoms in total. The number of hydrogen-bond donors (Lipinski definition) is 1. The molecule has 0 saturated heterocycles. The minimum atomic E-state index is 0.106. The van der Waals surface area contributed by atoms with Crippen molar-refractivity contribution < 1.29 is 0 Å². The van der Waals surface area contributed by atoms with Crippen LogP contribution in [0.4, 0.5) is 0 Å². The lowest BCUT2D eigenvalue weighted by molar-refractivity contribution is 0.257. The van der Waals surface area contributed by atoms with E-state index in [1.165, 1.54) is 35.7 Å². The van der Waals surface area contributed by atoms with E-state index in [2.05, 4.69) is 40.2 Å². The normalized spacial score (nSPS) is 33.5. The number of nitrogens with two attached hydrogens (primary N) is 1. The third kappa shape index (κ3) is 1.82. The predicted molar refractivity (Wildman–Crippen MR) is 70.2 cm³/mol. The highest BCUT2D eigenvalue weighted by atomic mass is 79.9. The zero-order valence-corrected chi connectivity index (χ0v) is 11.0. The molecule has 2 heteroatoms. The third-order valence-corrected chi connectivity index (χ3v) is 5.15. The van der Waals surface area contributed by atoms with Crippen LogP contribution in [0.5, 0.6) is 0 Å². The van der Waals surface area contributed by atoms with E-state index in [0.29, 0.717) is 0 Å². The maximum absolute atomic E-state index is 6.48. The molecule has 2 aliphatic rings. The van der Waals surface area contributed by atoms with Crippen LogP contribution in [-0.4, -0.2) is 5.54 Å². The molecular formula is C14H18BrN. The highest BCUT2D eigenvalue weighted by Gasteiger charge is 2.55. The Balaban J connectivity index is 1.69. The Labute approximate surface area is 106 Å². The number of hydrogen-bond acceptors (Lipinski definition) is 1. The van der Waals surface area contributed by atoms with Gasteiger partial charge in [0.25, 0.3) is 0 Å². The molecule has 86 valence electrons. The molecule has 0 aliphatic heterocycles. The maximum Gasteiger partial charge on any atom is 0.0230 e. The first-order valence-corrected chi connectivity index (χ1v) is 7.01. The van der Waals surface area contributed by atoms with E-state index in [-0.39, 0.29) is 5.54 Å². The van der Waals surface area contributed by atoms with Crippen molar-refractivity contribution in [2.45, 2.75) is 37.6 Å². The minimum Gasteiger partial charge on any atom is -0.325 e. The van der Waals surface area contributed by atoms with Gasteiger partial charge >= 0.3 is 0 Å². The Kier molecular flexibility index (Phi) is 2.60. The molecule has 3 rings (SSSR count). The van der Waals surface area contributed by atoms with Gasteiger partial charge in [0.05, 0.1) is 0 Å². The van der Waals surface area contributed by atoms with E-state index in [9.17, 15) is 0 Å². The van der Waals surface area contributed by atoms with Gasteiger partial charge < -0.3 is 5.73 Å². The van der Waals surface area contributed by atoms with Gasteiger partial charge in [0.15, 0.2) is 0 Å². The highest BCUT2D eigenvalue weighted by molar-refractivity contribution is 9.10. The first-order valence-electron chi connectivity index (χ1n) is 6.21. The predicted octanol–water partition coefficient (Wildman–Crippen LogP) is 3.51. The standard InChI is InChI=1S/C14H18BrN/c15-13-7-2-1-4-11(13)8-14(16)9-12(14)10-5-3-6-10/h1-2,4,7,10,12H,3,5-6,8-9,16H2. The molecule has 0 radical (unpaired) electrons.